The summed E-state index contributed by atoms with van der Waals surface area (Å²) in [7, 11) is 1.95. The van der Waals surface area contributed by atoms with E-state index in [-0.39, 0.29) is 5.56 Å². The van der Waals surface area contributed by atoms with Crippen LogP contribution in [0.3, 0.4) is 0 Å². The molecule has 3 rings (SSSR count). The maximum absolute atomic E-state index is 10.9. The molecule has 7 nitrogen and oxygen atoms in total. The van der Waals surface area contributed by atoms with E-state index in [9.17, 15) is 4.79 Å². The summed E-state index contributed by atoms with van der Waals surface area (Å²) in [5, 5.41) is 12.1. The number of benzene rings is 1. The van der Waals surface area contributed by atoms with Crippen molar-refractivity contribution < 1.29 is 9.90 Å². The first-order valence-electron chi connectivity index (χ1n) is 8.15. The Labute approximate surface area is 151 Å². The third kappa shape index (κ3) is 4.54. The second-order valence-electron chi connectivity index (χ2n) is 5.78. The summed E-state index contributed by atoms with van der Waals surface area (Å²) in [6, 6.07) is 12.3. The van der Waals surface area contributed by atoms with Crippen molar-refractivity contribution in [2.24, 2.45) is 0 Å². The Morgan fingerprint density at radius 3 is 2.50 bits per heavy atom. The number of aromatic nitrogens is 3. The van der Waals surface area contributed by atoms with Gasteiger partial charge in [0.05, 0.1) is 5.56 Å². The molecule has 1 aromatic carbocycles. The highest BCUT2D eigenvalue weighted by Gasteiger charge is 2.07. The van der Waals surface area contributed by atoms with Crippen LogP contribution in [0.4, 0.5) is 17.5 Å². The Morgan fingerprint density at radius 1 is 1.08 bits per heavy atom. The van der Waals surface area contributed by atoms with E-state index >= 15 is 0 Å². The van der Waals surface area contributed by atoms with Gasteiger partial charge in [0, 0.05) is 37.9 Å². The van der Waals surface area contributed by atoms with Crippen molar-refractivity contribution in [1.82, 2.24) is 15.0 Å². The van der Waals surface area contributed by atoms with Gasteiger partial charge in [-0.1, -0.05) is 0 Å². The van der Waals surface area contributed by atoms with Crippen LogP contribution in [0.25, 0.3) is 0 Å². The van der Waals surface area contributed by atoms with E-state index in [4.69, 9.17) is 5.11 Å². The summed E-state index contributed by atoms with van der Waals surface area (Å²) < 4.78 is 0. The molecule has 3 aromatic rings. The second-order valence-corrected chi connectivity index (χ2v) is 5.78. The molecule has 2 N–H and O–H groups in total. The zero-order valence-corrected chi connectivity index (χ0v) is 14.3. The normalized spacial score (nSPS) is 10.3. The van der Waals surface area contributed by atoms with Crippen molar-refractivity contribution in [2.45, 2.75) is 6.42 Å². The summed E-state index contributed by atoms with van der Waals surface area (Å²) >= 11 is 0. The van der Waals surface area contributed by atoms with Gasteiger partial charge in [0.25, 0.3) is 0 Å². The van der Waals surface area contributed by atoms with E-state index < -0.39 is 5.97 Å². The molecule has 0 saturated heterocycles. The maximum Gasteiger partial charge on any atom is 0.335 e. The van der Waals surface area contributed by atoms with Crippen LogP contribution in [0.5, 0.6) is 0 Å². The first-order chi connectivity index (χ1) is 12.6. The number of hydrogen-bond donors (Lipinski definition) is 2. The lowest BCUT2D eigenvalue weighted by Gasteiger charge is -2.17. The Hall–Kier alpha value is -3.48. The van der Waals surface area contributed by atoms with Gasteiger partial charge in [-0.3, -0.25) is 4.98 Å². The molecular weight excluding hydrogens is 330 g/mol. The van der Waals surface area contributed by atoms with Crippen LogP contribution < -0.4 is 10.2 Å². The Morgan fingerprint density at radius 2 is 1.81 bits per heavy atom. The number of carboxylic acids is 1. The van der Waals surface area contributed by atoms with E-state index in [1.165, 1.54) is 5.56 Å². The molecule has 7 heteroatoms. The molecule has 0 spiro atoms. The number of carbonyl (C=O) groups is 1. The van der Waals surface area contributed by atoms with Gasteiger partial charge in [-0.25, -0.2) is 9.78 Å². The molecule has 0 saturated carbocycles. The number of anilines is 3. The largest absolute Gasteiger partial charge is 0.478 e. The molecule has 0 aliphatic rings. The standard InChI is InChI=1S/C19H19N5O2/c1-24(13-9-14-6-10-20-11-7-14)19-21-12-8-17(23-19)22-16-4-2-15(3-5-16)18(25)26/h2-8,10-12H,9,13H2,1H3,(H,25,26)(H,21,22,23). The Kier molecular flexibility index (Phi) is 5.38. The lowest BCUT2D eigenvalue weighted by molar-refractivity contribution is 0.0697. The molecule has 26 heavy (non-hydrogen) atoms. The SMILES string of the molecule is CN(CCc1ccncc1)c1nccc(Nc2ccc(C(=O)O)cc2)n1. The Balaban J connectivity index is 1.64. The molecule has 132 valence electrons. The van der Waals surface area contributed by atoms with Crippen LogP contribution in [0.1, 0.15) is 15.9 Å². The van der Waals surface area contributed by atoms with E-state index in [2.05, 4.69) is 20.3 Å². The van der Waals surface area contributed by atoms with Gasteiger partial charge < -0.3 is 15.3 Å². The third-order valence-corrected chi connectivity index (χ3v) is 3.87. The minimum atomic E-state index is -0.948. The van der Waals surface area contributed by atoms with Crippen LogP contribution in [0, 0.1) is 0 Å². The maximum atomic E-state index is 10.9. The smallest absolute Gasteiger partial charge is 0.335 e. The average molecular weight is 349 g/mol. The topological polar surface area (TPSA) is 91.2 Å². The summed E-state index contributed by atoms with van der Waals surface area (Å²) in [6.45, 7) is 0.779. The molecule has 0 fully saturated rings. The summed E-state index contributed by atoms with van der Waals surface area (Å²) in [5.41, 5.74) is 2.22. The monoisotopic (exact) mass is 349 g/mol. The van der Waals surface area contributed by atoms with Crippen LogP contribution >= 0.6 is 0 Å². The predicted octanol–water partition coefficient (Wildman–Crippen LogP) is 2.99. The van der Waals surface area contributed by atoms with Gasteiger partial charge in [-0.05, 0) is 54.4 Å². The summed E-state index contributed by atoms with van der Waals surface area (Å²) in [6.07, 6.45) is 6.13. The number of nitrogens with one attached hydrogen (secondary N) is 1. The number of pyridine rings is 1. The van der Waals surface area contributed by atoms with Crippen LogP contribution in [0.15, 0.2) is 61.1 Å². The summed E-state index contributed by atoms with van der Waals surface area (Å²) in [4.78, 5) is 25.7. The van der Waals surface area contributed by atoms with E-state index in [1.54, 1.807) is 48.9 Å². The van der Waals surface area contributed by atoms with Crippen molar-refractivity contribution in [3.05, 3.63) is 72.2 Å². The fourth-order valence-electron chi connectivity index (χ4n) is 2.39. The van der Waals surface area contributed by atoms with Crippen LogP contribution in [0.2, 0.25) is 0 Å². The average Bonchev–Trinajstić information content (AvgIpc) is 2.67. The van der Waals surface area contributed by atoms with Gasteiger partial charge in [0.2, 0.25) is 5.95 Å². The molecule has 0 amide bonds. The fraction of sp³-hybridized carbons (Fsp3) is 0.158. The molecule has 0 unspecified atom stereocenters. The number of hydrogen-bond acceptors (Lipinski definition) is 6. The van der Waals surface area contributed by atoms with Crippen molar-refractivity contribution in [3.8, 4) is 0 Å². The molecule has 0 atom stereocenters. The van der Waals surface area contributed by atoms with Crippen molar-refractivity contribution in [2.75, 3.05) is 23.8 Å². The van der Waals surface area contributed by atoms with Gasteiger partial charge in [0.1, 0.15) is 5.82 Å². The van der Waals surface area contributed by atoms with Gasteiger partial charge in [-0.2, -0.15) is 4.98 Å². The first-order valence-corrected chi connectivity index (χ1v) is 8.15. The zero-order valence-electron chi connectivity index (χ0n) is 14.3. The van der Waals surface area contributed by atoms with Crippen molar-refractivity contribution in [1.29, 1.82) is 0 Å². The number of aromatic carboxylic acids is 1. The van der Waals surface area contributed by atoms with Gasteiger partial charge in [-0.15, -0.1) is 0 Å². The van der Waals surface area contributed by atoms with Crippen LogP contribution in [-0.2, 0) is 6.42 Å². The highest BCUT2D eigenvalue weighted by Crippen LogP contribution is 2.17. The molecule has 0 radical (unpaired) electrons. The third-order valence-electron chi connectivity index (χ3n) is 3.87. The zero-order chi connectivity index (χ0) is 18.4. The second kappa shape index (κ2) is 8.06. The van der Waals surface area contributed by atoms with Gasteiger partial charge in [0.15, 0.2) is 0 Å². The number of nitrogens with zero attached hydrogens (tertiary/aromatic N) is 4. The number of carboxylic acid groups (broad SMARTS) is 1. The molecule has 2 aromatic heterocycles. The van der Waals surface area contributed by atoms with Crippen molar-refractivity contribution in [3.63, 3.8) is 0 Å². The van der Waals surface area contributed by atoms with Crippen molar-refractivity contribution >= 4 is 23.4 Å². The minimum absolute atomic E-state index is 0.245. The lowest BCUT2D eigenvalue weighted by Crippen LogP contribution is -2.22. The number of likely N-dealkylation sites (N-methyl/N-ethyl adjacent to an activating group) is 1. The lowest BCUT2D eigenvalue weighted by atomic mass is 10.2. The number of rotatable bonds is 7. The van der Waals surface area contributed by atoms with Crippen LogP contribution in [-0.4, -0.2) is 39.6 Å². The van der Waals surface area contributed by atoms with E-state index in [0.717, 1.165) is 18.7 Å². The Bertz CT molecular complexity index is 869. The van der Waals surface area contributed by atoms with E-state index in [0.29, 0.717) is 11.8 Å². The molecule has 2 heterocycles. The predicted molar refractivity (Wildman–Crippen MR) is 99.9 cm³/mol. The van der Waals surface area contributed by atoms with Gasteiger partial charge >= 0.3 is 5.97 Å². The quantitative estimate of drug-likeness (QED) is 0.677. The first kappa shape index (κ1) is 17.3. The summed E-state index contributed by atoms with van der Waals surface area (Å²) in [5.74, 6) is 0.316. The highest BCUT2D eigenvalue weighted by atomic mass is 16.4. The molecular formula is C19H19N5O2. The highest BCUT2D eigenvalue weighted by molar-refractivity contribution is 5.88. The fourth-order valence-corrected chi connectivity index (χ4v) is 2.39. The van der Waals surface area contributed by atoms with E-state index in [1.807, 2.05) is 24.1 Å². The molecule has 0 bridgehead atoms. The molecule has 0 aliphatic heterocycles. The molecule has 0 aliphatic carbocycles. The minimum Gasteiger partial charge on any atom is -0.478 e.